The molecule has 0 aliphatic carbocycles. The van der Waals surface area contributed by atoms with Crippen LogP contribution in [0.3, 0.4) is 0 Å². The lowest BCUT2D eigenvalue weighted by Crippen LogP contribution is -2.38. The summed E-state index contributed by atoms with van der Waals surface area (Å²) in [7, 11) is 3.05. The summed E-state index contributed by atoms with van der Waals surface area (Å²) in [5, 5.41) is 0.972. The Morgan fingerprint density at radius 1 is 1.05 bits per heavy atom. The van der Waals surface area contributed by atoms with Gasteiger partial charge in [-0.05, 0) is 34.6 Å². The van der Waals surface area contributed by atoms with Gasteiger partial charge >= 0.3 is 0 Å². The Balaban J connectivity index is 3.49. The number of thioether (sulfide) groups is 2. The first-order valence-electron chi connectivity index (χ1n) is 7.74. The van der Waals surface area contributed by atoms with Crippen LogP contribution in [0.5, 0.6) is 0 Å². The zero-order valence-corrected chi connectivity index (χ0v) is 18.9. The smallest absolute Gasteiger partial charge is 0.264 e. The van der Waals surface area contributed by atoms with Gasteiger partial charge in [-0.25, -0.2) is 0 Å². The average Bonchev–Trinajstić information content (AvgIpc) is 2.39. The zero-order chi connectivity index (χ0) is 17.0. The van der Waals surface area contributed by atoms with Gasteiger partial charge in [0.25, 0.3) is 6.57 Å². The summed E-state index contributed by atoms with van der Waals surface area (Å²) in [6, 6.07) is 1.25. The maximum Gasteiger partial charge on any atom is 0.264 e. The summed E-state index contributed by atoms with van der Waals surface area (Å²) in [4.78, 5) is 2.54. The highest BCUT2D eigenvalue weighted by molar-refractivity contribution is 8.99. The molecule has 0 heterocycles. The molecule has 1 unspecified atom stereocenters. The van der Waals surface area contributed by atoms with Crippen molar-refractivity contribution in [2.24, 2.45) is 0 Å². The first-order chi connectivity index (χ1) is 10.3. The molecule has 0 fully saturated rings. The van der Waals surface area contributed by atoms with Gasteiger partial charge in [0.2, 0.25) is 0 Å². The fourth-order valence-corrected chi connectivity index (χ4v) is 10.4. The Bertz CT molecular complexity index is 311. The van der Waals surface area contributed by atoms with E-state index in [1.54, 1.807) is 17.5 Å². The van der Waals surface area contributed by atoms with Crippen molar-refractivity contribution in [3.63, 3.8) is 0 Å². The molecular weight excluding hydrogens is 373 g/mol. The summed E-state index contributed by atoms with van der Waals surface area (Å²) in [5.74, 6) is 3.55. The highest BCUT2D eigenvalue weighted by Gasteiger charge is 2.16. The molecular formula is C14H32NO2PS4. The molecule has 0 spiro atoms. The summed E-state index contributed by atoms with van der Waals surface area (Å²) >= 11 is 3.94. The molecule has 0 amide bonds. The van der Waals surface area contributed by atoms with E-state index in [1.807, 2.05) is 30.4 Å². The van der Waals surface area contributed by atoms with E-state index in [2.05, 4.69) is 32.6 Å². The Morgan fingerprint density at radius 2 is 1.64 bits per heavy atom. The van der Waals surface area contributed by atoms with E-state index < -0.39 is 6.57 Å². The van der Waals surface area contributed by atoms with Gasteiger partial charge in [-0.2, -0.15) is 11.8 Å². The highest BCUT2D eigenvalue weighted by atomic mass is 33.3. The fraction of sp³-hybridized carbons (Fsp3) is 1.00. The van der Waals surface area contributed by atoms with Crippen LogP contribution in [0.25, 0.3) is 0 Å². The van der Waals surface area contributed by atoms with Crippen LogP contribution in [-0.4, -0.2) is 59.1 Å². The maximum absolute atomic E-state index is 11.9. The molecule has 0 aromatic carbocycles. The molecule has 0 bridgehead atoms. The number of hydrogen-bond donors (Lipinski definition) is 0. The third-order valence-electron chi connectivity index (χ3n) is 2.88. The molecule has 0 aromatic heterocycles. The van der Waals surface area contributed by atoms with Gasteiger partial charge in [0.05, 0.1) is 11.7 Å². The van der Waals surface area contributed by atoms with Gasteiger partial charge in [0.1, 0.15) is 0 Å². The van der Waals surface area contributed by atoms with E-state index in [4.69, 9.17) is 4.52 Å². The lowest BCUT2D eigenvalue weighted by Gasteiger charge is -2.30. The Morgan fingerprint density at radius 3 is 2.18 bits per heavy atom. The zero-order valence-electron chi connectivity index (χ0n) is 14.7. The van der Waals surface area contributed by atoms with E-state index in [0.717, 1.165) is 10.8 Å². The molecule has 0 aromatic rings. The van der Waals surface area contributed by atoms with Crippen LogP contribution in [-0.2, 0) is 9.09 Å². The van der Waals surface area contributed by atoms with E-state index in [9.17, 15) is 4.57 Å². The minimum absolute atomic E-state index is 0.523. The van der Waals surface area contributed by atoms with Gasteiger partial charge in [0, 0.05) is 53.0 Å². The second-order valence-corrected chi connectivity index (χ2v) is 15.1. The Hall–Kier alpha value is 1.55. The fourth-order valence-electron chi connectivity index (χ4n) is 1.97. The third kappa shape index (κ3) is 12.9. The Kier molecular flexibility index (Phi) is 14.8. The summed E-state index contributed by atoms with van der Waals surface area (Å²) < 4.78 is 17.1. The van der Waals surface area contributed by atoms with Crippen LogP contribution in [0.15, 0.2) is 0 Å². The largest absolute Gasteiger partial charge is 0.321 e. The molecule has 8 heteroatoms. The summed E-state index contributed by atoms with van der Waals surface area (Å²) in [6.07, 6.45) is 0. The van der Waals surface area contributed by atoms with Crippen molar-refractivity contribution >= 4 is 51.3 Å². The second kappa shape index (κ2) is 13.8. The predicted octanol–water partition coefficient (Wildman–Crippen LogP) is 5.77. The lowest BCUT2D eigenvalue weighted by atomic mass is 10.2. The first kappa shape index (κ1) is 23.5. The summed E-state index contributed by atoms with van der Waals surface area (Å²) in [6.45, 7) is 11.9. The van der Waals surface area contributed by atoms with Gasteiger partial charge in [-0.3, -0.25) is 9.46 Å². The molecule has 0 aliphatic rings. The standard InChI is InChI=1S/C14H32NO2PS4/c1-7-17-18(6,16)22-21-12-20-11-10-19-9-8-15(13(2)3)14(4)5/h13-14H,7-12H2,1-6H3. The second-order valence-electron chi connectivity index (χ2n) is 5.45. The van der Waals surface area contributed by atoms with Crippen LogP contribution in [0.4, 0.5) is 0 Å². The maximum atomic E-state index is 11.9. The number of hydrogen-bond acceptors (Lipinski definition) is 7. The van der Waals surface area contributed by atoms with E-state index in [-0.39, 0.29) is 0 Å². The minimum Gasteiger partial charge on any atom is -0.321 e. The van der Waals surface area contributed by atoms with Crippen LogP contribution in [0, 0.1) is 0 Å². The number of nitrogens with zero attached hydrogens (tertiary/aromatic N) is 1. The van der Waals surface area contributed by atoms with E-state index in [0.29, 0.717) is 18.7 Å². The molecule has 0 rings (SSSR count). The molecule has 0 saturated heterocycles. The van der Waals surface area contributed by atoms with Crippen molar-refractivity contribution < 1.29 is 9.09 Å². The van der Waals surface area contributed by atoms with Crippen molar-refractivity contribution in [1.29, 1.82) is 0 Å². The normalized spacial score (nSPS) is 15.0. The monoisotopic (exact) mass is 405 g/mol. The van der Waals surface area contributed by atoms with Gasteiger partial charge < -0.3 is 4.52 Å². The molecule has 134 valence electrons. The molecule has 0 N–H and O–H groups in total. The van der Waals surface area contributed by atoms with Gasteiger partial charge in [0.15, 0.2) is 0 Å². The van der Waals surface area contributed by atoms with Crippen LogP contribution < -0.4 is 0 Å². The highest BCUT2D eigenvalue weighted by Crippen LogP contribution is 2.62. The van der Waals surface area contributed by atoms with Crippen molar-refractivity contribution in [2.75, 3.05) is 42.2 Å². The van der Waals surface area contributed by atoms with Gasteiger partial charge in [-0.15, -0.1) is 11.8 Å². The molecule has 0 saturated carbocycles. The SMILES string of the molecule is CCOP(C)(=O)SSCSCCSCCN(C(C)C)C(C)C. The average molecular weight is 406 g/mol. The van der Waals surface area contributed by atoms with Crippen molar-refractivity contribution in [3.8, 4) is 0 Å². The lowest BCUT2D eigenvalue weighted by molar-refractivity contribution is 0.187. The molecule has 1 atom stereocenters. The Labute approximate surface area is 153 Å². The van der Waals surface area contributed by atoms with Crippen LogP contribution in [0.2, 0.25) is 0 Å². The minimum atomic E-state index is -2.43. The topological polar surface area (TPSA) is 29.5 Å². The number of rotatable bonds is 14. The molecule has 22 heavy (non-hydrogen) atoms. The molecule has 0 aliphatic heterocycles. The summed E-state index contributed by atoms with van der Waals surface area (Å²) in [5.41, 5.74) is 0. The van der Waals surface area contributed by atoms with E-state index in [1.165, 1.54) is 28.5 Å². The quantitative estimate of drug-likeness (QED) is 0.157. The van der Waals surface area contributed by atoms with Crippen molar-refractivity contribution in [3.05, 3.63) is 0 Å². The molecule has 0 radical (unpaired) electrons. The predicted molar refractivity (Wildman–Crippen MR) is 112 cm³/mol. The van der Waals surface area contributed by atoms with Crippen molar-refractivity contribution in [1.82, 2.24) is 4.90 Å². The third-order valence-corrected chi connectivity index (χ3v) is 12.4. The van der Waals surface area contributed by atoms with E-state index >= 15 is 0 Å². The van der Waals surface area contributed by atoms with Crippen LogP contribution >= 0.6 is 51.3 Å². The first-order valence-corrected chi connectivity index (χ1v) is 15.0. The van der Waals surface area contributed by atoms with Crippen LogP contribution in [0.1, 0.15) is 34.6 Å². The van der Waals surface area contributed by atoms with Crippen molar-refractivity contribution in [2.45, 2.75) is 46.7 Å². The van der Waals surface area contributed by atoms with Gasteiger partial charge in [-0.1, -0.05) is 10.8 Å². The molecule has 3 nitrogen and oxygen atoms in total.